The van der Waals surface area contributed by atoms with E-state index in [1.54, 1.807) is 24.6 Å². The molecule has 0 aliphatic carbocycles. The van der Waals surface area contributed by atoms with Gasteiger partial charge in [-0.05, 0) is 32.0 Å². The normalized spacial score (nSPS) is 10.4. The number of carbonyl (C=O) groups is 1. The standard InChI is InChI=1S/C17H17N5O2S/c1-10-8-11(2)19-16(18-10)22-17-21-13(9-25-17)15(23)20-12-6-4-5-7-14(12)24-3/h4-9H,1-3H3,(H,20,23)(H,18,19,21,22). The number of hydrogen-bond donors (Lipinski definition) is 2. The van der Waals surface area contributed by atoms with Crippen LogP contribution in [0.2, 0.25) is 0 Å². The van der Waals surface area contributed by atoms with Crippen LogP contribution in [0.4, 0.5) is 16.8 Å². The number of methoxy groups -OCH3 is 1. The summed E-state index contributed by atoms with van der Waals surface area (Å²) in [5.74, 6) is 0.742. The Morgan fingerprint density at radius 2 is 1.84 bits per heavy atom. The number of aromatic nitrogens is 3. The number of hydrogen-bond acceptors (Lipinski definition) is 7. The lowest BCUT2D eigenvalue weighted by Gasteiger charge is -2.08. The summed E-state index contributed by atoms with van der Waals surface area (Å²) in [6.45, 7) is 3.79. The third kappa shape index (κ3) is 4.10. The van der Waals surface area contributed by atoms with E-state index < -0.39 is 0 Å². The third-order valence-corrected chi connectivity index (χ3v) is 4.05. The molecule has 0 unspecified atom stereocenters. The summed E-state index contributed by atoms with van der Waals surface area (Å²) in [5, 5.41) is 8.05. The molecule has 3 rings (SSSR count). The van der Waals surface area contributed by atoms with Gasteiger partial charge in [0, 0.05) is 16.8 Å². The van der Waals surface area contributed by atoms with Gasteiger partial charge in [-0.25, -0.2) is 15.0 Å². The number of rotatable bonds is 5. The summed E-state index contributed by atoms with van der Waals surface area (Å²) in [6.07, 6.45) is 0. The molecule has 2 N–H and O–H groups in total. The Morgan fingerprint density at radius 1 is 1.12 bits per heavy atom. The van der Waals surface area contributed by atoms with Crippen molar-refractivity contribution in [2.45, 2.75) is 13.8 Å². The van der Waals surface area contributed by atoms with Crippen LogP contribution in [0.5, 0.6) is 5.75 Å². The van der Waals surface area contributed by atoms with Crippen molar-refractivity contribution in [1.29, 1.82) is 0 Å². The fourth-order valence-electron chi connectivity index (χ4n) is 2.25. The first-order valence-corrected chi connectivity index (χ1v) is 8.42. The number of para-hydroxylation sites is 2. The van der Waals surface area contributed by atoms with Crippen molar-refractivity contribution in [3.63, 3.8) is 0 Å². The van der Waals surface area contributed by atoms with Crippen LogP contribution < -0.4 is 15.4 Å². The van der Waals surface area contributed by atoms with Crippen molar-refractivity contribution in [3.05, 3.63) is 52.8 Å². The molecule has 0 bridgehead atoms. The summed E-state index contributed by atoms with van der Waals surface area (Å²) in [5.41, 5.74) is 2.62. The predicted octanol–water partition coefficient (Wildman–Crippen LogP) is 3.55. The van der Waals surface area contributed by atoms with Gasteiger partial charge in [0.05, 0.1) is 12.8 Å². The van der Waals surface area contributed by atoms with Crippen LogP contribution in [0.3, 0.4) is 0 Å². The van der Waals surface area contributed by atoms with E-state index in [0.29, 0.717) is 28.2 Å². The molecule has 1 amide bonds. The van der Waals surface area contributed by atoms with Crippen molar-refractivity contribution in [3.8, 4) is 5.75 Å². The van der Waals surface area contributed by atoms with E-state index in [1.165, 1.54) is 11.3 Å². The van der Waals surface area contributed by atoms with Gasteiger partial charge in [0.1, 0.15) is 11.4 Å². The highest BCUT2D eigenvalue weighted by atomic mass is 32.1. The monoisotopic (exact) mass is 355 g/mol. The topological polar surface area (TPSA) is 89.0 Å². The highest BCUT2D eigenvalue weighted by molar-refractivity contribution is 7.14. The van der Waals surface area contributed by atoms with Gasteiger partial charge in [0.25, 0.3) is 5.91 Å². The van der Waals surface area contributed by atoms with Crippen LogP contribution >= 0.6 is 11.3 Å². The molecule has 8 heteroatoms. The molecule has 7 nitrogen and oxygen atoms in total. The molecule has 0 saturated heterocycles. The van der Waals surface area contributed by atoms with Crippen molar-refractivity contribution in [1.82, 2.24) is 15.0 Å². The van der Waals surface area contributed by atoms with Gasteiger partial charge >= 0.3 is 0 Å². The van der Waals surface area contributed by atoms with Gasteiger partial charge in [-0.3, -0.25) is 4.79 Å². The first-order valence-electron chi connectivity index (χ1n) is 7.54. The Hall–Kier alpha value is -3.00. The number of benzene rings is 1. The van der Waals surface area contributed by atoms with E-state index in [4.69, 9.17) is 4.74 Å². The molecule has 2 aromatic heterocycles. The number of nitrogens with one attached hydrogen (secondary N) is 2. The smallest absolute Gasteiger partial charge is 0.275 e. The van der Waals surface area contributed by atoms with Crippen molar-refractivity contribution < 1.29 is 9.53 Å². The molecule has 0 aliphatic heterocycles. The minimum atomic E-state index is -0.310. The van der Waals surface area contributed by atoms with Gasteiger partial charge in [0.2, 0.25) is 5.95 Å². The maximum absolute atomic E-state index is 12.4. The molecule has 0 radical (unpaired) electrons. The lowest BCUT2D eigenvalue weighted by atomic mass is 10.3. The molecule has 128 valence electrons. The van der Waals surface area contributed by atoms with Crippen LogP contribution in [0.1, 0.15) is 21.9 Å². The van der Waals surface area contributed by atoms with Crippen LogP contribution in [-0.2, 0) is 0 Å². The van der Waals surface area contributed by atoms with E-state index in [2.05, 4.69) is 25.6 Å². The van der Waals surface area contributed by atoms with Crippen molar-refractivity contribution in [2.24, 2.45) is 0 Å². The Labute approximate surface area is 149 Å². The molecular formula is C17H17N5O2S. The van der Waals surface area contributed by atoms with Crippen molar-refractivity contribution in [2.75, 3.05) is 17.7 Å². The minimum absolute atomic E-state index is 0.308. The first kappa shape index (κ1) is 16.8. The summed E-state index contributed by atoms with van der Waals surface area (Å²) in [6, 6.07) is 9.10. The zero-order valence-electron chi connectivity index (χ0n) is 14.0. The zero-order chi connectivity index (χ0) is 17.8. The van der Waals surface area contributed by atoms with E-state index >= 15 is 0 Å². The summed E-state index contributed by atoms with van der Waals surface area (Å²) in [7, 11) is 1.56. The van der Waals surface area contributed by atoms with E-state index in [-0.39, 0.29) is 5.91 Å². The van der Waals surface area contributed by atoms with E-state index in [0.717, 1.165) is 11.4 Å². The number of nitrogens with zero attached hydrogens (tertiary/aromatic N) is 3. The second-order valence-corrected chi connectivity index (χ2v) is 6.15. The van der Waals surface area contributed by atoms with E-state index in [1.807, 2.05) is 32.0 Å². The third-order valence-electron chi connectivity index (χ3n) is 3.29. The van der Waals surface area contributed by atoms with Crippen LogP contribution in [0.15, 0.2) is 35.7 Å². The molecule has 0 fully saturated rings. The predicted molar refractivity (Wildman–Crippen MR) is 97.8 cm³/mol. The second-order valence-electron chi connectivity index (χ2n) is 5.29. The zero-order valence-corrected chi connectivity index (χ0v) is 14.8. The van der Waals surface area contributed by atoms with Gasteiger partial charge in [-0.2, -0.15) is 0 Å². The fourth-order valence-corrected chi connectivity index (χ4v) is 2.93. The van der Waals surface area contributed by atoms with Gasteiger partial charge < -0.3 is 15.4 Å². The maximum Gasteiger partial charge on any atom is 0.275 e. The number of carbonyl (C=O) groups excluding carboxylic acids is 1. The quantitative estimate of drug-likeness (QED) is 0.727. The van der Waals surface area contributed by atoms with Crippen LogP contribution in [0.25, 0.3) is 0 Å². The van der Waals surface area contributed by atoms with Gasteiger partial charge in [0.15, 0.2) is 5.13 Å². The SMILES string of the molecule is COc1ccccc1NC(=O)c1csc(Nc2nc(C)cc(C)n2)n1. The molecule has 0 spiro atoms. The Balaban J connectivity index is 1.73. The Bertz CT molecular complexity index is 889. The highest BCUT2D eigenvalue weighted by Crippen LogP contribution is 2.25. The molecule has 2 heterocycles. The van der Waals surface area contributed by atoms with Crippen LogP contribution in [-0.4, -0.2) is 28.0 Å². The van der Waals surface area contributed by atoms with Gasteiger partial charge in [-0.1, -0.05) is 12.1 Å². The molecule has 1 aromatic carbocycles. The number of amides is 1. The lowest BCUT2D eigenvalue weighted by molar-refractivity contribution is 0.102. The number of ether oxygens (including phenoxy) is 1. The first-order chi connectivity index (χ1) is 12.0. The number of anilines is 3. The molecule has 25 heavy (non-hydrogen) atoms. The summed E-state index contributed by atoms with van der Waals surface area (Å²) >= 11 is 1.31. The largest absolute Gasteiger partial charge is 0.495 e. The number of thiazole rings is 1. The molecular weight excluding hydrogens is 338 g/mol. The average molecular weight is 355 g/mol. The molecule has 0 atom stereocenters. The Kier molecular flexibility index (Phi) is 4.90. The van der Waals surface area contributed by atoms with Gasteiger partial charge in [-0.15, -0.1) is 11.3 Å². The fraction of sp³-hybridized carbons (Fsp3) is 0.176. The lowest BCUT2D eigenvalue weighted by Crippen LogP contribution is -2.13. The number of aryl methyl sites for hydroxylation is 2. The summed E-state index contributed by atoms with van der Waals surface area (Å²) < 4.78 is 5.23. The molecule has 3 aromatic rings. The Morgan fingerprint density at radius 3 is 2.56 bits per heavy atom. The average Bonchev–Trinajstić information content (AvgIpc) is 3.03. The maximum atomic E-state index is 12.4. The van der Waals surface area contributed by atoms with Crippen molar-refractivity contribution >= 4 is 34.0 Å². The minimum Gasteiger partial charge on any atom is -0.495 e. The van der Waals surface area contributed by atoms with Crippen LogP contribution in [0, 0.1) is 13.8 Å². The molecule has 0 saturated carbocycles. The highest BCUT2D eigenvalue weighted by Gasteiger charge is 2.14. The summed E-state index contributed by atoms with van der Waals surface area (Å²) in [4.78, 5) is 25.3. The second kappa shape index (κ2) is 7.27. The molecule has 0 aliphatic rings. The van der Waals surface area contributed by atoms with E-state index in [9.17, 15) is 4.79 Å².